The third-order valence-electron chi connectivity index (χ3n) is 1.70. The fourth-order valence-electron chi connectivity index (χ4n) is 1.13. The van der Waals surface area contributed by atoms with E-state index in [2.05, 4.69) is 9.72 Å². The first-order valence-electron chi connectivity index (χ1n) is 4.01. The van der Waals surface area contributed by atoms with E-state index in [-0.39, 0.29) is 5.69 Å². The average molecular weight is 242 g/mol. The summed E-state index contributed by atoms with van der Waals surface area (Å²) in [7, 11) is 0. The molecule has 2 N–H and O–H groups in total. The minimum Gasteiger partial charge on any atom is -0.398 e. The van der Waals surface area contributed by atoms with Gasteiger partial charge in [-0.25, -0.2) is 13.8 Å². The highest BCUT2D eigenvalue weighted by Crippen LogP contribution is 2.31. The van der Waals surface area contributed by atoms with Gasteiger partial charge in [0, 0.05) is 11.8 Å². The summed E-state index contributed by atoms with van der Waals surface area (Å²) < 4.78 is 63.7. The second-order valence-corrected chi connectivity index (χ2v) is 2.90. The summed E-state index contributed by atoms with van der Waals surface area (Å²) in [5, 5.41) is 0. The molecule has 1 aromatic rings. The second-order valence-electron chi connectivity index (χ2n) is 2.90. The Bertz CT molecular complexity index is 368. The molecule has 0 saturated heterocycles. The van der Waals surface area contributed by atoms with Crippen molar-refractivity contribution in [3.05, 3.63) is 17.3 Å². The molecule has 16 heavy (non-hydrogen) atoms. The highest BCUT2D eigenvalue weighted by molar-refractivity contribution is 5.51. The third-order valence-corrected chi connectivity index (χ3v) is 1.70. The Morgan fingerprint density at radius 3 is 2.31 bits per heavy atom. The molecule has 1 heterocycles. The first-order valence-corrected chi connectivity index (χ1v) is 4.01. The van der Waals surface area contributed by atoms with Crippen LogP contribution in [0.3, 0.4) is 0 Å². The lowest BCUT2D eigenvalue weighted by Gasteiger charge is -2.12. The summed E-state index contributed by atoms with van der Waals surface area (Å²) in [5.74, 6) is -0.855. The number of aromatic nitrogens is 1. The van der Waals surface area contributed by atoms with Crippen molar-refractivity contribution in [2.75, 3.05) is 5.73 Å². The summed E-state index contributed by atoms with van der Waals surface area (Å²) in [5.41, 5.74) is 3.80. The maximum atomic E-state index is 12.4. The van der Waals surface area contributed by atoms with Gasteiger partial charge in [0.05, 0.1) is 11.3 Å². The number of halogens is 5. The number of hydrogen-bond donors (Lipinski definition) is 1. The van der Waals surface area contributed by atoms with Crippen molar-refractivity contribution in [1.29, 1.82) is 0 Å². The van der Waals surface area contributed by atoms with Crippen LogP contribution in [0.15, 0.2) is 6.07 Å². The van der Waals surface area contributed by atoms with E-state index in [9.17, 15) is 22.0 Å². The Labute approximate surface area is 87.0 Å². The molecule has 0 aliphatic rings. The number of anilines is 1. The van der Waals surface area contributed by atoms with Crippen molar-refractivity contribution < 1.29 is 26.7 Å². The number of nitrogens with zero attached hydrogens (tertiary/aromatic N) is 1. The van der Waals surface area contributed by atoms with E-state index < -0.39 is 29.9 Å². The maximum Gasteiger partial charge on any atom is 0.574 e. The van der Waals surface area contributed by atoms with Crippen molar-refractivity contribution in [2.24, 2.45) is 0 Å². The van der Waals surface area contributed by atoms with E-state index in [0.29, 0.717) is 6.07 Å². The molecule has 1 aromatic heterocycles. The van der Waals surface area contributed by atoms with Gasteiger partial charge in [0.15, 0.2) is 0 Å². The number of alkyl halides is 5. The summed E-state index contributed by atoms with van der Waals surface area (Å²) in [6, 6.07) is 0.613. The molecule has 0 aliphatic carbocycles. The molecule has 0 spiro atoms. The monoisotopic (exact) mass is 242 g/mol. The van der Waals surface area contributed by atoms with Gasteiger partial charge in [-0.05, 0) is 6.92 Å². The number of ether oxygens (including phenoxy) is 1. The Morgan fingerprint density at radius 1 is 1.38 bits per heavy atom. The first kappa shape index (κ1) is 12.5. The zero-order valence-electron chi connectivity index (χ0n) is 7.98. The van der Waals surface area contributed by atoms with E-state index in [1.54, 1.807) is 0 Å². The molecule has 0 radical (unpaired) electrons. The lowest BCUT2D eigenvalue weighted by molar-refractivity contribution is -0.276. The van der Waals surface area contributed by atoms with Crippen LogP contribution >= 0.6 is 0 Å². The van der Waals surface area contributed by atoms with E-state index in [1.165, 1.54) is 0 Å². The summed E-state index contributed by atoms with van der Waals surface area (Å²) in [6.45, 7) is 1.13. The Hall–Kier alpha value is -1.60. The molecule has 90 valence electrons. The molecule has 0 aromatic carbocycles. The van der Waals surface area contributed by atoms with Gasteiger partial charge in [-0.3, -0.25) is 0 Å². The summed E-state index contributed by atoms with van der Waals surface area (Å²) >= 11 is 0. The first-order chi connectivity index (χ1) is 7.20. The molecule has 0 amide bonds. The standard InChI is InChI=1S/C8H7F5N2O/c1-3-6(7(9)10)4(14)2-5(15-3)16-8(11,12)13/h2,7H,1H3,(H2,14,15). The lowest BCUT2D eigenvalue weighted by atomic mass is 10.2. The summed E-state index contributed by atoms with van der Waals surface area (Å²) in [4.78, 5) is 3.24. The molecular formula is C8H7F5N2O. The van der Waals surface area contributed by atoms with Gasteiger partial charge in [-0.1, -0.05) is 0 Å². The van der Waals surface area contributed by atoms with Gasteiger partial charge < -0.3 is 10.5 Å². The van der Waals surface area contributed by atoms with Crippen molar-refractivity contribution in [1.82, 2.24) is 4.98 Å². The van der Waals surface area contributed by atoms with Crippen LogP contribution in [0.1, 0.15) is 17.7 Å². The summed E-state index contributed by atoms with van der Waals surface area (Å²) in [6.07, 6.45) is -7.83. The van der Waals surface area contributed by atoms with Crippen LogP contribution in [0.5, 0.6) is 5.88 Å². The zero-order chi connectivity index (χ0) is 12.5. The maximum absolute atomic E-state index is 12.4. The fraction of sp³-hybridized carbons (Fsp3) is 0.375. The molecule has 0 bridgehead atoms. The van der Waals surface area contributed by atoms with Gasteiger partial charge >= 0.3 is 6.36 Å². The van der Waals surface area contributed by atoms with Gasteiger partial charge in [0.1, 0.15) is 0 Å². The predicted molar refractivity (Wildman–Crippen MR) is 45.0 cm³/mol. The van der Waals surface area contributed by atoms with E-state index in [1.807, 2.05) is 0 Å². The number of aryl methyl sites for hydroxylation is 1. The van der Waals surface area contributed by atoms with Crippen LogP contribution in [0.2, 0.25) is 0 Å². The molecule has 1 rings (SSSR count). The number of rotatable bonds is 2. The van der Waals surface area contributed by atoms with Crippen molar-refractivity contribution in [3.63, 3.8) is 0 Å². The Kier molecular flexibility index (Phi) is 3.20. The molecule has 0 unspecified atom stereocenters. The number of nitrogens with two attached hydrogens (primary N) is 1. The van der Waals surface area contributed by atoms with Crippen LogP contribution in [-0.4, -0.2) is 11.3 Å². The highest BCUT2D eigenvalue weighted by atomic mass is 19.4. The molecule has 3 nitrogen and oxygen atoms in total. The predicted octanol–water partition coefficient (Wildman–Crippen LogP) is 2.81. The SMILES string of the molecule is Cc1nc(OC(F)(F)F)cc(N)c1C(F)F. The van der Waals surface area contributed by atoms with Gasteiger partial charge in [-0.15, -0.1) is 13.2 Å². The molecular weight excluding hydrogens is 235 g/mol. The quantitative estimate of drug-likeness (QED) is 0.811. The molecule has 0 saturated carbocycles. The van der Waals surface area contributed by atoms with E-state index in [0.717, 1.165) is 6.92 Å². The van der Waals surface area contributed by atoms with Gasteiger partial charge in [-0.2, -0.15) is 0 Å². The average Bonchev–Trinajstić information content (AvgIpc) is 1.96. The largest absolute Gasteiger partial charge is 0.574 e. The van der Waals surface area contributed by atoms with Gasteiger partial charge in [0.25, 0.3) is 6.43 Å². The van der Waals surface area contributed by atoms with Crippen LogP contribution in [0, 0.1) is 6.92 Å². The molecule has 0 fully saturated rings. The number of nitrogen functional groups attached to an aromatic ring is 1. The van der Waals surface area contributed by atoms with Crippen molar-refractivity contribution in [2.45, 2.75) is 19.7 Å². The number of pyridine rings is 1. The molecule has 8 heteroatoms. The Balaban J connectivity index is 3.10. The van der Waals surface area contributed by atoms with E-state index >= 15 is 0 Å². The van der Waals surface area contributed by atoms with Crippen LogP contribution in [-0.2, 0) is 0 Å². The number of hydrogen-bond acceptors (Lipinski definition) is 3. The molecule has 0 aliphatic heterocycles. The lowest BCUT2D eigenvalue weighted by Crippen LogP contribution is -2.18. The second kappa shape index (κ2) is 4.11. The highest BCUT2D eigenvalue weighted by Gasteiger charge is 2.32. The third kappa shape index (κ3) is 2.94. The van der Waals surface area contributed by atoms with Gasteiger partial charge in [0.2, 0.25) is 5.88 Å². The van der Waals surface area contributed by atoms with E-state index in [4.69, 9.17) is 5.73 Å². The minimum absolute atomic E-state index is 0.297. The normalized spacial score (nSPS) is 11.9. The van der Waals surface area contributed by atoms with Crippen LogP contribution < -0.4 is 10.5 Å². The zero-order valence-corrected chi connectivity index (χ0v) is 7.98. The van der Waals surface area contributed by atoms with Crippen LogP contribution in [0.25, 0.3) is 0 Å². The van der Waals surface area contributed by atoms with Crippen molar-refractivity contribution in [3.8, 4) is 5.88 Å². The minimum atomic E-state index is -4.93. The van der Waals surface area contributed by atoms with Crippen LogP contribution in [0.4, 0.5) is 27.6 Å². The topological polar surface area (TPSA) is 48.1 Å². The molecule has 0 atom stereocenters. The smallest absolute Gasteiger partial charge is 0.398 e. The fourth-order valence-corrected chi connectivity index (χ4v) is 1.13. The van der Waals surface area contributed by atoms with Crippen molar-refractivity contribution >= 4 is 5.69 Å². The Morgan fingerprint density at radius 2 is 1.94 bits per heavy atom.